The van der Waals surface area contributed by atoms with Crippen LogP contribution in [0.15, 0.2) is 0 Å². The van der Waals surface area contributed by atoms with Gasteiger partial charge in [0, 0.05) is 21.7 Å². The molecule has 2 heteroatoms. The number of rotatable bonds is 0. The van der Waals surface area contributed by atoms with Gasteiger partial charge >= 0.3 is 0 Å². The van der Waals surface area contributed by atoms with Crippen molar-refractivity contribution < 1.29 is 27.2 Å². The Kier molecular flexibility index (Phi) is 325. The van der Waals surface area contributed by atoms with Gasteiger partial charge in [0.2, 0.25) is 0 Å². The molecule has 0 unspecified atom stereocenters. The molecule has 0 aliphatic heterocycles. The molecule has 0 atom stereocenters. The van der Waals surface area contributed by atoms with Crippen LogP contribution in [0.25, 0.3) is 0 Å². The van der Waals surface area contributed by atoms with Crippen LogP contribution < -0.4 is 0 Å². The largest absolute Gasteiger partial charge is 0.870 e. The summed E-state index contributed by atoms with van der Waals surface area (Å²) in [6, 6.07) is 0. The summed E-state index contributed by atoms with van der Waals surface area (Å²) in [5.41, 5.74) is 0. The van der Waals surface area contributed by atoms with Gasteiger partial charge < -0.3 is 12.4 Å². The quantitative estimate of drug-likeness (QED) is 0.320. The molecular weight excluding hydrogens is 87.9 g/mol. The zero-order valence-corrected chi connectivity index (χ0v) is 4.22. The Morgan fingerprint density at radius 3 is 1.25 bits per heavy atom. The first-order valence-electron chi connectivity index (χ1n) is 0.707. The summed E-state index contributed by atoms with van der Waals surface area (Å²) in [6.07, 6.45) is 0. The zero-order valence-electron chi connectivity index (χ0n) is 2.65. The molecule has 0 aromatic rings. The molecule has 0 bridgehead atoms. The Bertz CT molecular complexity index is 6.00. The second-order valence-electron chi connectivity index (χ2n) is 0. The van der Waals surface area contributed by atoms with Gasteiger partial charge in [0.05, 0.1) is 0 Å². The van der Waals surface area contributed by atoms with Gasteiger partial charge in [-0.2, -0.15) is 6.92 Å². The SMILES string of the molecule is [CH2-]C.[OH-].[Ti]. The maximum absolute atomic E-state index is 3.25. The summed E-state index contributed by atoms with van der Waals surface area (Å²) in [5.74, 6) is 0. The van der Waals surface area contributed by atoms with Crippen LogP contribution >= 0.6 is 0 Å². The minimum atomic E-state index is 0. The predicted molar refractivity (Wildman–Crippen MR) is 13.0 cm³/mol. The average Bonchev–Trinajstić information content (AvgIpc) is 1.00. The third-order valence-electron chi connectivity index (χ3n) is 0. The Labute approximate surface area is 41.6 Å². The van der Waals surface area contributed by atoms with Gasteiger partial charge in [0.15, 0.2) is 0 Å². The molecule has 26 valence electrons. The molecule has 1 N–H and O–H groups in total. The topological polar surface area (TPSA) is 30.0 Å². The molecule has 0 aliphatic carbocycles. The zero-order chi connectivity index (χ0) is 2.00. The molecule has 0 fully saturated rings. The normalized spacial score (nSPS) is 1.50. The van der Waals surface area contributed by atoms with E-state index >= 15 is 0 Å². The van der Waals surface area contributed by atoms with E-state index in [4.69, 9.17) is 0 Å². The van der Waals surface area contributed by atoms with Gasteiger partial charge in [-0.15, -0.1) is 0 Å². The molecule has 0 saturated carbocycles. The monoisotopic (exact) mass is 94.0 g/mol. The van der Waals surface area contributed by atoms with Crippen LogP contribution in [-0.4, -0.2) is 5.48 Å². The first-order chi connectivity index (χ1) is 1.00. The number of hydrogen-bond donors (Lipinski definition) is 0. The second-order valence-corrected chi connectivity index (χ2v) is 0. The van der Waals surface area contributed by atoms with E-state index in [0.717, 1.165) is 0 Å². The van der Waals surface area contributed by atoms with Crippen LogP contribution in [0.1, 0.15) is 6.92 Å². The first-order valence-corrected chi connectivity index (χ1v) is 0.707. The van der Waals surface area contributed by atoms with E-state index in [-0.39, 0.29) is 27.2 Å². The minimum absolute atomic E-state index is 0. The molecule has 0 amide bonds. The maximum atomic E-state index is 3.25. The standard InChI is InChI=1S/C2H5.H2O.Ti/c1-2;;/h1H2,2H3;1H2;/q-1;;/p-1. The molecule has 1 nitrogen and oxygen atoms in total. The summed E-state index contributed by atoms with van der Waals surface area (Å²) in [7, 11) is 0. The molecule has 0 aliphatic rings. The van der Waals surface area contributed by atoms with Gasteiger partial charge in [-0.05, 0) is 0 Å². The number of hydrogen-bond acceptors (Lipinski definition) is 1. The van der Waals surface area contributed by atoms with Crippen LogP contribution in [0.5, 0.6) is 0 Å². The molecule has 0 aromatic carbocycles. The van der Waals surface area contributed by atoms with Gasteiger partial charge in [-0.3, -0.25) is 0 Å². The van der Waals surface area contributed by atoms with Crippen LogP contribution in [-0.2, 0) is 21.7 Å². The third-order valence-corrected chi connectivity index (χ3v) is 0. The Hall–Kier alpha value is 0.674. The molecule has 0 aromatic heterocycles. The van der Waals surface area contributed by atoms with Gasteiger partial charge in [0.1, 0.15) is 0 Å². The van der Waals surface area contributed by atoms with E-state index < -0.39 is 0 Å². The third kappa shape index (κ3) is 16.5. The molecule has 0 rings (SSSR count). The van der Waals surface area contributed by atoms with Crippen molar-refractivity contribution in [1.29, 1.82) is 0 Å². The van der Waals surface area contributed by atoms with Gasteiger partial charge in [0.25, 0.3) is 0 Å². The van der Waals surface area contributed by atoms with Crippen molar-refractivity contribution >= 4 is 0 Å². The Balaban J connectivity index is -0.00000000500. The van der Waals surface area contributed by atoms with E-state index in [0.29, 0.717) is 0 Å². The van der Waals surface area contributed by atoms with Crippen molar-refractivity contribution in [3.63, 3.8) is 0 Å². The fourth-order valence-corrected chi connectivity index (χ4v) is 0. The van der Waals surface area contributed by atoms with E-state index in [1.807, 2.05) is 0 Å². The Morgan fingerprint density at radius 1 is 1.25 bits per heavy atom. The van der Waals surface area contributed by atoms with Crippen LogP contribution in [0.2, 0.25) is 0 Å². The Morgan fingerprint density at radius 2 is 1.25 bits per heavy atom. The van der Waals surface area contributed by atoms with Crippen LogP contribution in [0.4, 0.5) is 0 Å². The summed E-state index contributed by atoms with van der Waals surface area (Å²) in [4.78, 5) is 0. The summed E-state index contributed by atoms with van der Waals surface area (Å²) < 4.78 is 0. The first kappa shape index (κ1) is 22.5. The van der Waals surface area contributed by atoms with E-state index in [1.54, 1.807) is 6.92 Å². The second kappa shape index (κ2) is 57.8. The van der Waals surface area contributed by atoms with Crippen molar-refractivity contribution in [2.75, 3.05) is 0 Å². The fourth-order valence-electron chi connectivity index (χ4n) is 0. The van der Waals surface area contributed by atoms with E-state index in [9.17, 15) is 0 Å². The fraction of sp³-hybridized carbons (Fsp3) is 0.500. The van der Waals surface area contributed by atoms with Crippen molar-refractivity contribution in [1.82, 2.24) is 0 Å². The summed E-state index contributed by atoms with van der Waals surface area (Å²) >= 11 is 0. The van der Waals surface area contributed by atoms with Crippen molar-refractivity contribution in [3.05, 3.63) is 6.92 Å². The molecular formula is C2H6OTi-2. The van der Waals surface area contributed by atoms with Crippen molar-refractivity contribution in [2.24, 2.45) is 0 Å². The molecule has 0 spiro atoms. The van der Waals surface area contributed by atoms with Crippen LogP contribution in [0.3, 0.4) is 0 Å². The molecule has 0 heterocycles. The molecule has 0 radical (unpaired) electrons. The van der Waals surface area contributed by atoms with Gasteiger partial charge in [-0.1, -0.05) is 0 Å². The minimum Gasteiger partial charge on any atom is -0.870 e. The summed E-state index contributed by atoms with van der Waals surface area (Å²) in [5, 5.41) is 0. The van der Waals surface area contributed by atoms with Crippen LogP contribution in [0, 0.1) is 6.92 Å². The molecule has 4 heavy (non-hydrogen) atoms. The van der Waals surface area contributed by atoms with Crippen molar-refractivity contribution in [2.45, 2.75) is 6.92 Å². The maximum Gasteiger partial charge on any atom is 0 e. The van der Waals surface area contributed by atoms with E-state index in [2.05, 4.69) is 6.92 Å². The van der Waals surface area contributed by atoms with E-state index in [1.165, 1.54) is 0 Å². The van der Waals surface area contributed by atoms with Gasteiger partial charge in [-0.25, -0.2) is 0 Å². The van der Waals surface area contributed by atoms with Crippen molar-refractivity contribution in [3.8, 4) is 0 Å². The summed E-state index contributed by atoms with van der Waals surface area (Å²) in [6.45, 7) is 5.00. The molecule has 0 saturated heterocycles. The average molecular weight is 93.9 g/mol. The smallest absolute Gasteiger partial charge is 0 e. The predicted octanol–water partition coefficient (Wildman–Crippen LogP) is 0.661.